The average molecular weight is 306 g/mol. The van der Waals surface area contributed by atoms with Crippen molar-refractivity contribution in [2.75, 3.05) is 6.61 Å². The highest BCUT2D eigenvalue weighted by atomic mass is 32.2. The lowest BCUT2D eigenvalue weighted by Crippen LogP contribution is -2.34. The van der Waals surface area contributed by atoms with Crippen molar-refractivity contribution in [3.05, 3.63) is 29.3 Å². The number of carbonyl (C=O) groups excluding carboxylic acids is 1. The second-order valence-electron chi connectivity index (χ2n) is 3.74. The van der Waals surface area contributed by atoms with E-state index in [9.17, 15) is 27.1 Å². The minimum atomic E-state index is -5.69. The van der Waals surface area contributed by atoms with Crippen LogP contribution in [0, 0.1) is 0 Å². The first kappa shape index (κ1) is 16.4. The third kappa shape index (κ3) is 3.67. The predicted molar refractivity (Wildman–Crippen MR) is 64.3 cm³/mol. The molecule has 0 saturated carbocycles. The van der Waals surface area contributed by atoms with Crippen molar-refractivity contribution in [2.24, 2.45) is 0 Å². The van der Waals surface area contributed by atoms with Crippen molar-refractivity contribution in [1.29, 1.82) is 0 Å². The van der Waals surface area contributed by atoms with Gasteiger partial charge < -0.3 is 9.84 Å². The van der Waals surface area contributed by atoms with Crippen molar-refractivity contribution in [3.8, 4) is 5.75 Å². The summed E-state index contributed by atoms with van der Waals surface area (Å²) in [5.41, 5.74) is 0.0515. The average Bonchev–Trinajstić information content (AvgIpc) is 2.34. The fourth-order valence-electron chi connectivity index (χ4n) is 1.18. The summed E-state index contributed by atoms with van der Waals surface area (Å²) in [6.45, 7) is -1.87. The van der Waals surface area contributed by atoms with E-state index >= 15 is 0 Å². The van der Waals surface area contributed by atoms with Crippen LogP contribution in [-0.4, -0.2) is 43.8 Å². The molecule has 0 amide bonds. The number of carbonyl (C=O) groups is 1. The van der Waals surface area contributed by atoms with Gasteiger partial charge in [0.1, 0.15) is 11.3 Å². The van der Waals surface area contributed by atoms with Crippen LogP contribution in [0.1, 0.15) is 15.9 Å². The van der Waals surface area contributed by atoms with E-state index in [1.54, 1.807) is 0 Å². The van der Waals surface area contributed by atoms with Crippen LogP contribution in [0.2, 0.25) is 0 Å². The largest absolute Gasteiger partial charge is 0.507 e. The molecule has 1 rings (SSSR count). The lowest BCUT2D eigenvalue weighted by molar-refractivity contribution is -0.00967. The van der Waals surface area contributed by atoms with E-state index in [0.29, 0.717) is 5.56 Å². The van der Waals surface area contributed by atoms with Crippen LogP contribution >= 0.6 is 0 Å². The Morgan fingerprint density at radius 2 is 2.00 bits per heavy atom. The van der Waals surface area contributed by atoms with Gasteiger partial charge in [-0.15, -0.1) is 0 Å². The Morgan fingerprint density at radius 1 is 1.40 bits per heavy atom. The van der Waals surface area contributed by atoms with Gasteiger partial charge in [0.05, 0.1) is 7.85 Å². The first-order valence-corrected chi connectivity index (χ1v) is 6.56. The van der Waals surface area contributed by atoms with Crippen LogP contribution < -0.4 is 0 Å². The SMILES string of the molecule is [B]Cc1ccc(C(=O)OCC(F)(F)S(=O)(=O)O)c(O)c1. The molecule has 2 N–H and O–H groups in total. The summed E-state index contributed by atoms with van der Waals surface area (Å²) in [4.78, 5) is 11.4. The molecule has 0 bridgehead atoms. The van der Waals surface area contributed by atoms with Gasteiger partial charge in [-0.2, -0.15) is 17.2 Å². The number of phenols is 1. The van der Waals surface area contributed by atoms with Crippen molar-refractivity contribution in [3.63, 3.8) is 0 Å². The molecule has 20 heavy (non-hydrogen) atoms. The van der Waals surface area contributed by atoms with Crippen LogP contribution in [-0.2, 0) is 21.2 Å². The molecule has 6 nitrogen and oxygen atoms in total. The monoisotopic (exact) mass is 306 g/mol. The summed E-state index contributed by atoms with van der Waals surface area (Å²) in [7, 11) is -0.403. The number of esters is 1. The maximum absolute atomic E-state index is 12.8. The molecule has 0 heterocycles. The summed E-state index contributed by atoms with van der Waals surface area (Å²) < 4.78 is 58.5. The Hall–Kier alpha value is -1.68. The second kappa shape index (κ2) is 5.75. The topological polar surface area (TPSA) is 101 Å². The molecule has 0 atom stereocenters. The molecule has 108 valence electrons. The molecule has 0 fully saturated rings. The first-order valence-electron chi connectivity index (χ1n) is 5.12. The van der Waals surface area contributed by atoms with Gasteiger partial charge in [0.25, 0.3) is 0 Å². The molecule has 0 unspecified atom stereocenters. The maximum Gasteiger partial charge on any atom is 0.402 e. The summed E-state index contributed by atoms with van der Waals surface area (Å²) in [5.74, 6) is -1.91. The lowest BCUT2D eigenvalue weighted by atomic mass is 9.96. The molecular weight excluding hydrogens is 297 g/mol. The number of hydrogen-bond acceptors (Lipinski definition) is 5. The summed E-state index contributed by atoms with van der Waals surface area (Å²) in [6.07, 6.45) is 0.0870. The zero-order chi connectivity index (χ0) is 15.6. The van der Waals surface area contributed by atoms with Gasteiger partial charge in [0, 0.05) is 0 Å². The van der Waals surface area contributed by atoms with Gasteiger partial charge >= 0.3 is 21.3 Å². The normalized spacial score (nSPS) is 12.2. The Morgan fingerprint density at radius 3 is 2.45 bits per heavy atom. The molecule has 0 aliphatic heterocycles. The van der Waals surface area contributed by atoms with Crippen LogP contribution in [0.25, 0.3) is 0 Å². The van der Waals surface area contributed by atoms with E-state index in [4.69, 9.17) is 12.4 Å². The smallest absolute Gasteiger partial charge is 0.402 e. The quantitative estimate of drug-likeness (QED) is 0.472. The van der Waals surface area contributed by atoms with E-state index < -0.39 is 39.3 Å². The standard InChI is InChI=1S/C10H9BF2O6S/c11-4-6-1-2-7(8(14)3-6)9(15)19-5-10(12,13)20(16,17)18/h1-3,14H,4-5H2,(H,16,17,18). The third-order valence-electron chi connectivity index (χ3n) is 2.27. The number of rotatable bonds is 5. The van der Waals surface area contributed by atoms with Crippen LogP contribution in [0.15, 0.2) is 18.2 Å². The number of aromatic hydroxyl groups is 1. The third-order valence-corrected chi connectivity index (χ3v) is 3.14. The van der Waals surface area contributed by atoms with Gasteiger partial charge in [-0.1, -0.05) is 17.9 Å². The van der Waals surface area contributed by atoms with E-state index in [-0.39, 0.29) is 6.32 Å². The minimum Gasteiger partial charge on any atom is -0.507 e. The molecule has 0 aromatic heterocycles. The fourth-order valence-corrected chi connectivity index (χ4v) is 1.39. The summed E-state index contributed by atoms with van der Waals surface area (Å²) >= 11 is 0. The molecule has 1 aromatic carbocycles. The molecule has 1 aromatic rings. The first-order chi connectivity index (χ1) is 9.08. The van der Waals surface area contributed by atoms with Crippen molar-refractivity contribution < 1.29 is 36.4 Å². The van der Waals surface area contributed by atoms with Gasteiger partial charge in [-0.25, -0.2) is 4.79 Å². The Balaban J connectivity index is 2.83. The van der Waals surface area contributed by atoms with Crippen LogP contribution in [0.3, 0.4) is 0 Å². The van der Waals surface area contributed by atoms with Gasteiger partial charge in [0.15, 0.2) is 6.61 Å². The number of ether oxygens (including phenoxy) is 1. The van der Waals surface area contributed by atoms with Crippen molar-refractivity contribution in [2.45, 2.75) is 11.6 Å². The maximum atomic E-state index is 12.8. The molecule has 0 saturated heterocycles. The summed E-state index contributed by atoms with van der Waals surface area (Å²) in [5, 5.41) is 4.84. The molecule has 0 aliphatic carbocycles. The van der Waals surface area contributed by atoms with Gasteiger partial charge in [-0.3, -0.25) is 4.55 Å². The molecule has 0 aliphatic rings. The second-order valence-corrected chi connectivity index (χ2v) is 5.29. The highest BCUT2D eigenvalue weighted by Crippen LogP contribution is 2.23. The molecular formula is C10H9BF2O6S. The number of halogens is 2. The van der Waals surface area contributed by atoms with Gasteiger partial charge in [0.2, 0.25) is 0 Å². The van der Waals surface area contributed by atoms with Crippen LogP contribution in [0.5, 0.6) is 5.75 Å². The lowest BCUT2D eigenvalue weighted by Gasteiger charge is -2.13. The zero-order valence-corrected chi connectivity index (χ0v) is 10.7. The predicted octanol–water partition coefficient (Wildman–Crippen LogP) is 0.698. The zero-order valence-electron chi connectivity index (χ0n) is 9.92. The highest BCUT2D eigenvalue weighted by molar-refractivity contribution is 7.86. The number of alkyl halides is 2. The summed E-state index contributed by atoms with van der Waals surface area (Å²) in [6, 6.07) is 3.58. The number of hydrogen-bond donors (Lipinski definition) is 2. The van der Waals surface area contributed by atoms with Crippen LogP contribution in [0.4, 0.5) is 8.78 Å². The molecule has 2 radical (unpaired) electrons. The Kier molecular flexibility index (Phi) is 4.71. The van der Waals surface area contributed by atoms with E-state index in [1.165, 1.54) is 6.07 Å². The Bertz CT molecular complexity index is 616. The van der Waals surface area contributed by atoms with E-state index in [2.05, 4.69) is 4.74 Å². The minimum absolute atomic E-state index is 0.0870. The van der Waals surface area contributed by atoms with E-state index in [0.717, 1.165) is 12.1 Å². The van der Waals surface area contributed by atoms with E-state index in [1.807, 2.05) is 0 Å². The number of benzene rings is 1. The Labute approximate surface area is 114 Å². The van der Waals surface area contributed by atoms with Crippen molar-refractivity contribution >= 4 is 23.9 Å². The number of phenolic OH excluding ortho intramolecular Hbond substituents is 1. The highest BCUT2D eigenvalue weighted by Gasteiger charge is 2.45. The molecule has 0 spiro atoms. The fraction of sp³-hybridized carbons (Fsp3) is 0.300. The van der Waals surface area contributed by atoms with Crippen molar-refractivity contribution in [1.82, 2.24) is 0 Å². The van der Waals surface area contributed by atoms with Gasteiger partial charge in [-0.05, 0) is 12.1 Å². The molecule has 10 heteroatoms.